The van der Waals surface area contributed by atoms with Gasteiger partial charge in [0.25, 0.3) is 0 Å². The van der Waals surface area contributed by atoms with Gasteiger partial charge < -0.3 is 5.32 Å². The third-order valence-corrected chi connectivity index (χ3v) is 5.28. The normalized spacial score (nSPS) is 11.8. The van der Waals surface area contributed by atoms with Crippen molar-refractivity contribution >= 4 is 23.5 Å². The van der Waals surface area contributed by atoms with Gasteiger partial charge in [0.05, 0.1) is 17.5 Å². The summed E-state index contributed by atoms with van der Waals surface area (Å²) in [4.78, 5) is 24.4. The van der Waals surface area contributed by atoms with E-state index in [-0.39, 0.29) is 17.4 Å². The molecule has 0 bridgehead atoms. The van der Waals surface area contributed by atoms with Gasteiger partial charge in [0, 0.05) is 0 Å². The van der Waals surface area contributed by atoms with Gasteiger partial charge in [-0.15, -0.1) is 10.2 Å². The fourth-order valence-corrected chi connectivity index (χ4v) is 3.57. The Morgan fingerprint density at radius 2 is 1.82 bits per heavy atom. The monoisotopic (exact) mass is 394 g/mol. The molecule has 0 aliphatic heterocycles. The van der Waals surface area contributed by atoms with E-state index in [4.69, 9.17) is 0 Å². The Labute approximate surface area is 168 Å². The molecule has 1 aromatic heterocycles. The van der Waals surface area contributed by atoms with Gasteiger partial charge in [-0.2, -0.15) is 0 Å². The second-order valence-electron chi connectivity index (χ2n) is 6.48. The summed E-state index contributed by atoms with van der Waals surface area (Å²) in [6, 6.07) is 17.0. The van der Waals surface area contributed by atoms with Crippen LogP contribution in [0.5, 0.6) is 0 Å². The van der Waals surface area contributed by atoms with Crippen LogP contribution in [0, 0.1) is 6.92 Å². The molecular formula is C21H22N4O2S. The van der Waals surface area contributed by atoms with Crippen molar-refractivity contribution in [2.24, 2.45) is 0 Å². The average molecular weight is 395 g/mol. The maximum Gasteiger partial charge on any atom is 0.231 e. The molecule has 1 atom stereocenters. The van der Waals surface area contributed by atoms with Crippen molar-refractivity contribution in [3.05, 3.63) is 72.1 Å². The lowest BCUT2D eigenvalue weighted by Gasteiger charge is -2.16. The molecule has 0 unspecified atom stereocenters. The maximum absolute atomic E-state index is 12.4. The number of aryl methyl sites for hydroxylation is 1. The Morgan fingerprint density at radius 3 is 2.54 bits per heavy atom. The number of hydrogen-bond acceptors (Lipinski definition) is 5. The highest BCUT2D eigenvalue weighted by atomic mass is 32.2. The van der Waals surface area contributed by atoms with Crippen LogP contribution < -0.4 is 5.32 Å². The number of rotatable bonds is 8. The molecule has 1 amide bonds. The van der Waals surface area contributed by atoms with Crippen LogP contribution in [0.25, 0.3) is 5.69 Å². The van der Waals surface area contributed by atoms with Crippen molar-refractivity contribution < 1.29 is 9.59 Å². The third-order valence-electron chi connectivity index (χ3n) is 4.33. The summed E-state index contributed by atoms with van der Waals surface area (Å²) >= 11 is 1.29. The summed E-state index contributed by atoms with van der Waals surface area (Å²) in [5.74, 6) is -0.117. The van der Waals surface area contributed by atoms with Gasteiger partial charge in [0.2, 0.25) is 5.91 Å². The first kappa shape index (κ1) is 19.8. The number of carbonyl (C=O) groups is 2. The number of aromatic nitrogens is 3. The van der Waals surface area contributed by atoms with E-state index < -0.39 is 6.04 Å². The lowest BCUT2D eigenvalue weighted by atomic mass is 10.0. The second kappa shape index (κ2) is 9.32. The van der Waals surface area contributed by atoms with Gasteiger partial charge in [0.15, 0.2) is 10.9 Å². The number of nitrogens with zero attached hydrogens (tertiary/aromatic N) is 3. The first-order valence-electron chi connectivity index (χ1n) is 8.97. The molecule has 0 saturated carbocycles. The zero-order valence-corrected chi connectivity index (χ0v) is 16.6. The van der Waals surface area contributed by atoms with E-state index in [1.54, 1.807) is 6.33 Å². The average Bonchev–Trinajstić information content (AvgIpc) is 3.15. The van der Waals surface area contributed by atoms with E-state index in [2.05, 4.69) is 15.5 Å². The molecule has 3 rings (SSSR count). The zero-order chi connectivity index (χ0) is 19.9. The molecule has 0 aliphatic rings. The van der Waals surface area contributed by atoms with Gasteiger partial charge in [-0.3, -0.25) is 14.2 Å². The first-order valence-corrected chi connectivity index (χ1v) is 9.95. The van der Waals surface area contributed by atoms with Gasteiger partial charge in [0.1, 0.15) is 6.33 Å². The summed E-state index contributed by atoms with van der Waals surface area (Å²) in [7, 11) is 0. The van der Waals surface area contributed by atoms with Crippen molar-refractivity contribution in [3.63, 3.8) is 0 Å². The Hall–Kier alpha value is -2.93. The van der Waals surface area contributed by atoms with Crippen LogP contribution in [-0.2, 0) is 16.0 Å². The number of benzene rings is 2. The number of amides is 1. The fraction of sp³-hybridized carbons (Fsp3) is 0.238. The molecule has 7 heteroatoms. The number of carbonyl (C=O) groups excluding carboxylic acids is 2. The van der Waals surface area contributed by atoms with Gasteiger partial charge in [-0.05, 0) is 37.5 Å². The van der Waals surface area contributed by atoms with Crippen molar-refractivity contribution in [1.82, 2.24) is 20.1 Å². The maximum atomic E-state index is 12.4. The van der Waals surface area contributed by atoms with E-state index in [1.807, 2.05) is 66.1 Å². The number of Topliss-reactive ketones (excluding diaryl/α,β-unsaturated/α-hetero) is 1. The highest BCUT2D eigenvalue weighted by molar-refractivity contribution is 7.99. The summed E-state index contributed by atoms with van der Waals surface area (Å²) in [6.45, 7) is 3.51. The molecule has 0 fully saturated rings. The summed E-state index contributed by atoms with van der Waals surface area (Å²) < 4.78 is 1.86. The second-order valence-corrected chi connectivity index (χ2v) is 7.42. The SMILES string of the molecule is CC(=O)[C@@H](Cc1ccccc1)NC(=O)CSc1nncn1-c1ccccc1C. The number of nitrogens with one attached hydrogen (secondary N) is 1. The van der Waals surface area contributed by atoms with Crippen LogP contribution in [0.1, 0.15) is 18.1 Å². The van der Waals surface area contributed by atoms with Crippen LogP contribution in [0.3, 0.4) is 0 Å². The Bertz CT molecular complexity index is 956. The Balaban J connectivity index is 1.62. The number of ketones is 1. The smallest absolute Gasteiger partial charge is 0.231 e. The summed E-state index contributed by atoms with van der Waals surface area (Å²) in [5, 5.41) is 11.5. The number of thioether (sulfide) groups is 1. The van der Waals surface area contributed by atoms with E-state index in [0.717, 1.165) is 16.8 Å². The predicted molar refractivity (Wildman–Crippen MR) is 110 cm³/mol. The van der Waals surface area contributed by atoms with Crippen LogP contribution in [0.2, 0.25) is 0 Å². The molecule has 0 saturated heterocycles. The number of para-hydroxylation sites is 1. The zero-order valence-electron chi connectivity index (χ0n) is 15.8. The van der Waals surface area contributed by atoms with Crippen LogP contribution in [0.15, 0.2) is 66.1 Å². The molecule has 1 heterocycles. The molecule has 28 heavy (non-hydrogen) atoms. The third kappa shape index (κ3) is 5.07. The molecule has 2 aromatic carbocycles. The molecular weight excluding hydrogens is 372 g/mol. The van der Waals surface area contributed by atoms with Crippen molar-refractivity contribution in [2.45, 2.75) is 31.5 Å². The molecule has 3 aromatic rings. The molecule has 6 nitrogen and oxygen atoms in total. The van der Waals surface area contributed by atoms with Gasteiger partial charge in [-0.25, -0.2) is 0 Å². The van der Waals surface area contributed by atoms with Gasteiger partial charge in [-0.1, -0.05) is 60.3 Å². The van der Waals surface area contributed by atoms with E-state index in [1.165, 1.54) is 18.7 Å². The van der Waals surface area contributed by atoms with E-state index in [9.17, 15) is 9.59 Å². The minimum Gasteiger partial charge on any atom is -0.345 e. The highest BCUT2D eigenvalue weighted by Crippen LogP contribution is 2.21. The lowest BCUT2D eigenvalue weighted by molar-refractivity contribution is -0.125. The van der Waals surface area contributed by atoms with E-state index >= 15 is 0 Å². The van der Waals surface area contributed by atoms with Crippen molar-refractivity contribution in [3.8, 4) is 5.69 Å². The van der Waals surface area contributed by atoms with Crippen molar-refractivity contribution in [1.29, 1.82) is 0 Å². The molecule has 0 spiro atoms. The standard InChI is InChI=1S/C21H22N4O2S/c1-15-8-6-7-11-19(15)25-14-22-24-21(25)28-13-20(27)23-18(16(2)26)12-17-9-4-3-5-10-17/h3-11,14,18H,12-13H2,1-2H3,(H,23,27)/t18-/m1/s1. The Morgan fingerprint density at radius 1 is 1.11 bits per heavy atom. The molecule has 144 valence electrons. The van der Waals surface area contributed by atoms with Crippen molar-refractivity contribution in [2.75, 3.05) is 5.75 Å². The number of hydrogen-bond donors (Lipinski definition) is 1. The summed E-state index contributed by atoms with van der Waals surface area (Å²) in [6.07, 6.45) is 2.11. The quantitative estimate of drug-likeness (QED) is 0.595. The largest absolute Gasteiger partial charge is 0.345 e. The minimum absolute atomic E-state index is 0.0646. The fourth-order valence-electron chi connectivity index (χ4n) is 2.83. The Kier molecular flexibility index (Phi) is 6.60. The highest BCUT2D eigenvalue weighted by Gasteiger charge is 2.18. The lowest BCUT2D eigenvalue weighted by Crippen LogP contribution is -2.42. The topological polar surface area (TPSA) is 76.9 Å². The molecule has 1 N–H and O–H groups in total. The van der Waals surface area contributed by atoms with E-state index in [0.29, 0.717) is 11.6 Å². The van der Waals surface area contributed by atoms with Gasteiger partial charge >= 0.3 is 0 Å². The molecule has 0 radical (unpaired) electrons. The van der Waals surface area contributed by atoms with Crippen LogP contribution >= 0.6 is 11.8 Å². The predicted octanol–water partition coefficient (Wildman–Crippen LogP) is 2.98. The minimum atomic E-state index is -0.537. The molecule has 0 aliphatic carbocycles. The van der Waals surface area contributed by atoms with Crippen LogP contribution in [0.4, 0.5) is 0 Å². The van der Waals surface area contributed by atoms with Crippen LogP contribution in [-0.4, -0.2) is 38.2 Å². The first-order chi connectivity index (χ1) is 13.5. The summed E-state index contributed by atoms with van der Waals surface area (Å²) in [5.41, 5.74) is 3.07.